The highest BCUT2D eigenvalue weighted by molar-refractivity contribution is 7.99. The largest absolute Gasteiger partial charge is 0.376 e. The van der Waals surface area contributed by atoms with Gasteiger partial charge in [0, 0.05) is 13.2 Å². The van der Waals surface area contributed by atoms with Crippen molar-refractivity contribution in [1.29, 1.82) is 0 Å². The van der Waals surface area contributed by atoms with Gasteiger partial charge in [-0.25, -0.2) is 4.68 Å². The molecule has 2 rings (SSSR count). The van der Waals surface area contributed by atoms with Crippen molar-refractivity contribution in [2.45, 2.75) is 31.0 Å². The summed E-state index contributed by atoms with van der Waals surface area (Å²) in [5, 5.41) is 11.1. The number of amides is 1. The molecule has 1 aromatic rings. The van der Waals surface area contributed by atoms with Gasteiger partial charge in [0.1, 0.15) is 5.82 Å². The first-order valence-electron chi connectivity index (χ1n) is 5.85. The van der Waals surface area contributed by atoms with Gasteiger partial charge in [0.25, 0.3) is 0 Å². The second-order valence-electron chi connectivity index (χ2n) is 4.13. The van der Waals surface area contributed by atoms with Gasteiger partial charge in [0.15, 0.2) is 0 Å². The molecule has 0 aliphatic carbocycles. The van der Waals surface area contributed by atoms with Gasteiger partial charge in [-0.2, -0.15) is 0 Å². The lowest BCUT2D eigenvalue weighted by molar-refractivity contribution is -0.119. The minimum atomic E-state index is -0.0452. The lowest BCUT2D eigenvalue weighted by Gasteiger charge is -2.10. The molecule has 1 saturated heterocycles. The maximum absolute atomic E-state index is 11.6. The fourth-order valence-corrected chi connectivity index (χ4v) is 2.39. The maximum Gasteiger partial charge on any atom is 0.230 e. The van der Waals surface area contributed by atoms with Crippen LogP contribution in [0.25, 0.3) is 0 Å². The molecule has 100 valence electrons. The Morgan fingerprint density at radius 3 is 3.11 bits per heavy atom. The summed E-state index contributed by atoms with van der Waals surface area (Å²) in [6.45, 7) is 3.13. The van der Waals surface area contributed by atoms with Crippen LogP contribution in [0.3, 0.4) is 0 Å². The molecule has 18 heavy (non-hydrogen) atoms. The van der Waals surface area contributed by atoms with E-state index < -0.39 is 0 Å². The van der Waals surface area contributed by atoms with E-state index in [-0.39, 0.29) is 17.8 Å². The number of carbonyl (C=O) groups is 1. The van der Waals surface area contributed by atoms with E-state index in [1.54, 1.807) is 6.92 Å². The van der Waals surface area contributed by atoms with E-state index in [1.165, 1.54) is 16.4 Å². The van der Waals surface area contributed by atoms with E-state index in [2.05, 4.69) is 15.5 Å². The second-order valence-corrected chi connectivity index (χ2v) is 5.07. The average molecular weight is 271 g/mol. The number of hydrogen-bond donors (Lipinski definition) is 2. The lowest BCUT2D eigenvalue weighted by atomic mass is 10.2. The van der Waals surface area contributed by atoms with Crippen molar-refractivity contribution in [1.82, 2.24) is 20.2 Å². The normalized spacial score (nSPS) is 19.1. The first-order valence-corrected chi connectivity index (χ1v) is 6.83. The number of aryl methyl sites for hydroxylation is 1. The monoisotopic (exact) mass is 271 g/mol. The number of nitrogens with one attached hydrogen (secondary N) is 1. The average Bonchev–Trinajstić information content (AvgIpc) is 2.97. The van der Waals surface area contributed by atoms with Crippen molar-refractivity contribution in [2.24, 2.45) is 0 Å². The first-order chi connectivity index (χ1) is 8.66. The topological polar surface area (TPSA) is 95.1 Å². The van der Waals surface area contributed by atoms with Crippen LogP contribution in [0.4, 0.5) is 0 Å². The summed E-state index contributed by atoms with van der Waals surface area (Å²) >= 11 is 1.27. The third-order valence-corrected chi connectivity index (χ3v) is 3.66. The van der Waals surface area contributed by atoms with Crippen LogP contribution in [0.5, 0.6) is 0 Å². The molecule has 0 radical (unpaired) electrons. The number of aromatic nitrogens is 3. The summed E-state index contributed by atoms with van der Waals surface area (Å²) in [4.78, 5) is 11.6. The molecule has 1 atom stereocenters. The Morgan fingerprint density at radius 1 is 1.67 bits per heavy atom. The standard InChI is InChI=1S/C10H17N5O2S/c1-7-13-14-10(15(7)11)18-6-9(16)12-5-8-3-2-4-17-8/h8H,2-6,11H2,1H3,(H,12,16)/t8-/m1/s1. The van der Waals surface area contributed by atoms with Crippen LogP contribution < -0.4 is 11.2 Å². The van der Waals surface area contributed by atoms with Gasteiger partial charge < -0.3 is 15.9 Å². The van der Waals surface area contributed by atoms with Gasteiger partial charge >= 0.3 is 0 Å². The molecule has 1 aliphatic rings. The van der Waals surface area contributed by atoms with Gasteiger partial charge in [-0.05, 0) is 19.8 Å². The Bertz CT molecular complexity index is 416. The number of hydrogen-bond acceptors (Lipinski definition) is 6. The predicted octanol–water partition coefficient (Wildman–Crippen LogP) is -0.312. The molecule has 0 unspecified atom stereocenters. The van der Waals surface area contributed by atoms with Crippen molar-refractivity contribution in [3.63, 3.8) is 0 Å². The minimum absolute atomic E-state index is 0.0452. The van der Waals surface area contributed by atoms with Crippen molar-refractivity contribution in [3.05, 3.63) is 5.82 Å². The molecule has 8 heteroatoms. The Morgan fingerprint density at radius 2 is 2.50 bits per heavy atom. The van der Waals surface area contributed by atoms with Gasteiger partial charge in [0.2, 0.25) is 11.1 Å². The third kappa shape index (κ3) is 3.36. The number of nitrogens with zero attached hydrogens (tertiary/aromatic N) is 3. The van der Waals surface area contributed by atoms with E-state index in [9.17, 15) is 4.79 Å². The summed E-state index contributed by atoms with van der Waals surface area (Å²) in [5.41, 5.74) is 0. The number of ether oxygens (including phenoxy) is 1. The maximum atomic E-state index is 11.6. The molecule has 1 amide bonds. The minimum Gasteiger partial charge on any atom is -0.376 e. The molecule has 7 nitrogen and oxygen atoms in total. The van der Waals surface area contributed by atoms with Crippen LogP contribution in [0, 0.1) is 6.92 Å². The fraction of sp³-hybridized carbons (Fsp3) is 0.700. The fourth-order valence-electron chi connectivity index (χ4n) is 1.66. The lowest BCUT2D eigenvalue weighted by Crippen LogP contribution is -2.33. The van der Waals surface area contributed by atoms with Crippen molar-refractivity contribution < 1.29 is 9.53 Å². The molecular weight excluding hydrogens is 254 g/mol. The molecule has 0 saturated carbocycles. The Balaban J connectivity index is 1.69. The molecule has 1 aromatic heterocycles. The van der Waals surface area contributed by atoms with E-state index in [4.69, 9.17) is 10.6 Å². The van der Waals surface area contributed by atoms with Crippen molar-refractivity contribution >= 4 is 17.7 Å². The number of nitrogens with two attached hydrogens (primary N) is 1. The Kier molecular flexibility index (Phi) is 4.43. The quantitative estimate of drug-likeness (QED) is 0.563. The first kappa shape index (κ1) is 13.2. The van der Waals surface area contributed by atoms with Crippen molar-refractivity contribution in [2.75, 3.05) is 24.7 Å². The summed E-state index contributed by atoms with van der Waals surface area (Å²) < 4.78 is 6.79. The van der Waals surface area contributed by atoms with Crippen LogP contribution in [0.1, 0.15) is 18.7 Å². The molecular formula is C10H17N5O2S. The number of carbonyl (C=O) groups excluding carboxylic acids is 1. The van der Waals surface area contributed by atoms with Gasteiger partial charge in [0.05, 0.1) is 11.9 Å². The summed E-state index contributed by atoms with van der Waals surface area (Å²) in [6.07, 6.45) is 2.26. The highest BCUT2D eigenvalue weighted by atomic mass is 32.2. The van der Waals surface area contributed by atoms with Crippen LogP contribution in [-0.2, 0) is 9.53 Å². The molecule has 3 N–H and O–H groups in total. The predicted molar refractivity (Wildman–Crippen MR) is 67.6 cm³/mol. The molecule has 1 fully saturated rings. The zero-order valence-electron chi connectivity index (χ0n) is 10.3. The highest BCUT2D eigenvalue weighted by Crippen LogP contribution is 2.14. The van der Waals surface area contributed by atoms with Gasteiger partial charge in [-0.3, -0.25) is 4.79 Å². The van der Waals surface area contributed by atoms with Crippen molar-refractivity contribution in [3.8, 4) is 0 Å². The zero-order valence-corrected chi connectivity index (χ0v) is 11.1. The molecule has 1 aliphatic heterocycles. The molecule has 0 bridgehead atoms. The van der Waals surface area contributed by atoms with E-state index in [0.29, 0.717) is 17.5 Å². The molecule has 0 spiro atoms. The Hall–Kier alpha value is -1.28. The molecule has 2 heterocycles. The highest BCUT2D eigenvalue weighted by Gasteiger charge is 2.16. The third-order valence-electron chi connectivity index (χ3n) is 2.72. The number of rotatable bonds is 5. The van der Waals surface area contributed by atoms with Crippen LogP contribution in [0.2, 0.25) is 0 Å². The van der Waals surface area contributed by atoms with Crippen LogP contribution in [-0.4, -0.2) is 45.8 Å². The SMILES string of the molecule is Cc1nnc(SCC(=O)NC[C@H]2CCCO2)n1N. The van der Waals surface area contributed by atoms with E-state index in [1.807, 2.05) is 0 Å². The molecule has 0 aromatic carbocycles. The smallest absolute Gasteiger partial charge is 0.230 e. The van der Waals surface area contributed by atoms with Gasteiger partial charge in [-0.15, -0.1) is 10.2 Å². The van der Waals surface area contributed by atoms with Crippen LogP contribution >= 0.6 is 11.8 Å². The number of nitrogen functional groups attached to an aromatic ring is 1. The summed E-state index contributed by atoms with van der Waals surface area (Å²) in [7, 11) is 0. The summed E-state index contributed by atoms with van der Waals surface area (Å²) in [5.74, 6) is 6.54. The summed E-state index contributed by atoms with van der Waals surface area (Å²) in [6, 6.07) is 0. The van der Waals surface area contributed by atoms with Gasteiger partial charge in [-0.1, -0.05) is 11.8 Å². The van der Waals surface area contributed by atoms with Crippen LogP contribution in [0.15, 0.2) is 5.16 Å². The number of thioether (sulfide) groups is 1. The van der Waals surface area contributed by atoms with E-state index in [0.717, 1.165) is 19.4 Å². The Labute approximate surface area is 109 Å². The second kappa shape index (κ2) is 6.05. The van der Waals surface area contributed by atoms with E-state index >= 15 is 0 Å². The zero-order chi connectivity index (χ0) is 13.0.